The van der Waals surface area contributed by atoms with Gasteiger partial charge in [0.25, 0.3) is 0 Å². The summed E-state index contributed by atoms with van der Waals surface area (Å²) >= 11 is 12.0. The van der Waals surface area contributed by atoms with Gasteiger partial charge in [0.2, 0.25) is 0 Å². The maximum atomic E-state index is 11.8. The van der Waals surface area contributed by atoms with Crippen LogP contribution in [0.25, 0.3) is 0 Å². The summed E-state index contributed by atoms with van der Waals surface area (Å²) in [7, 11) is 3.41. The van der Waals surface area contributed by atoms with Crippen molar-refractivity contribution in [2.24, 2.45) is 5.92 Å². The standard InChI is InChI=1S/C13H15Cl2NO2/c1-16-6-11(12(7-16)13(17)18-2)8-3-9(14)5-10(15)4-8/h3-5,11-12H,6-7H2,1-2H3. The van der Waals surface area contributed by atoms with Crippen molar-refractivity contribution in [3.8, 4) is 0 Å². The van der Waals surface area contributed by atoms with Crippen LogP contribution >= 0.6 is 23.2 Å². The van der Waals surface area contributed by atoms with Crippen LogP contribution in [0.15, 0.2) is 18.2 Å². The molecule has 1 aliphatic rings. The van der Waals surface area contributed by atoms with Crippen molar-refractivity contribution in [3.63, 3.8) is 0 Å². The molecule has 0 bridgehead atoms. The van der Waals surface area contributed by atoms with E-state index >= 15 is 0 Å². The SMILES string of the molecule is COC(=O)C1CN(C)CC1c1cc(Cl)cc(Cl)c1. The number of nitrogens with zero attached hydrogens (tertiary/aromatic N) is 1. The van der Waals surface area contributed by atoms with Gasteiger partial charge in [-0.25, -0.2) is 0 Å². The quantitative estimate of drug-likeness (QED) is 0.784. The first-order valence-electron chi connectivity index (χ1n) is 5.73. The molecular formula is C13H15Cl2NO2. The Morgan fingerprint density at radius 3 is 2.44 bits per heavy atom. The Morgan fingerprint density at radius 1 is 1.28 bits per heavy atom. The number of benzene rings is 1. The molecule has 2 rings (SSSR count). The van der Waals surface area contributed by atoms with Crippen LogP contribution < -0.4 is 0 Å². The summed E-state index contributed by atoms with van der Waals surface area (Å²) in [5, 5.41) is 1.19. The summed E-state index contributed by atoms with van der Waals surface area (Å²) < 4.78 is 4.86. The third-order valence-electron chi connectivity index (χ3n) is 3.32. The van der Waals surface area contributed by atoms with Gasteiger partial charge in [0, 0.05) is 29.1 Å². The van der Waals surface area contributed by atoms with Gasteiger partial charge in [-0.3, -0.25) is 4.79 Å². The number of hydrogen-bond acceptors (Lipinski definition) is 3. The Hall–Kier alpha value is -0.770. The largest absolute Gasteiger partial charge is 0.469 e. The molecule has 0 radical (unpaired) electrons. The highest BCUT2D eigenvalue weighted by Gasteiger charge is 2.37. The number of rotatable bonds is 2. The predicted molar refractivity (Wildman–Crippen MR) is 72.2 cm³/mol. The lowest BCUT2D eigenvalue weighted by molar-refractivity contribution is -0.145. The van der Waals surface area contributed by atoms with E-state index in [9.17, 15) is 4.79 Å². The van der Waals surface area contributed by atoms with E-state index in [2.05, 4.69) is 4.90 Å². The van der Waals surface area contributed by atoms with Crippen LogP contribution in [0.2, 0.25) is 10.0 Å². The number of esters is 1. The number of likely N-dealkylation sites (N-methyl/N-ethyl adjacent to an activating group) is 1. The molecule has 3 nitrogen and oxygen atoms in total. The summed E-state index contributed by atoms with van der Waals surface area (Å²) in [6.45, 7) is 1.50. The topological polar surface area (TPSA) is 29.5 Å². The number of ether oxygens (including phenoxy) is 1. The van der Waals surface area contributed by atoms with Crippen LogP contribution in [0.5, 0.6) is 0 Å². The molecule has 1 aromatic rings. The molecule has 0 spiro atoms. The highest BCUT2D eigenvalue weighted by Crippen LogP contribution is 2.35. The second-order valence-corrected chi connectivity index (χ2v) is 5.53. The van der Waals surface area contributed by atoms with Crippen LogP contribution in [-0.4, -0.2) is 38.1 Å². The molecule has 1 aromatic carbocycles. The molecule has 98 valence electrons. The zero-order chi connectivity index (χ0) is 13.3. The minimum absolute atomic E-state index is 0.0821. The molecule has 1 fully saturated rings. The molecule has 0 amide bonds. The van der Waals surface area contributed by atoms with E-state index in [0.717, 1.165) is 12.1 Å². The fourth-order valence-electron chi connectivity index (χ4n) is 2.52. The first-order chi connectivity index (χ1) is 8.51. The van der Waals surface area contributed by atoms with Gasteiger partial charge < -0.3 is 9.64 Å². The third kappa shape index (κ3) is 2.79. The monoisotopic (exact) mass is 287 g/mol. The van der Waals surface area contributed by atoms with Gasteiger partial charge in [-0.1, -0.05) is 23.2 Å². The number of halogens is 2. The molecule has 18 heavy (non-hydrogen) atoms. The Bertz CT molecular complexity index is 444. The smallest absolute Gasteiger partial charge is 0.310 e. The summed E-state index contributed by atoms with van der Waals surface area (Å²) in [5.41, 5.74) is 0.993. The van der Waals surface area contributed by atoms with Gasteiger partial charge >= 0.3 is 5.97 Å². The summed E-state index contributed by atoms with van der Waals surface area (Å²) in [6, 6.07) is 5.43. The first kappa shape index (κ1) is 13.7. The van der Waals surface area contributed by atoms with Gasteiger partial charge in [0.1, 0.15) is 0 Å². The number of hydrogen-bond donors (Lipinski definition) is 0. The molecule has 1 aliphatic heterocycles. The molecular weight excluding hydrogens is 273 g/mol. The highest BCUT2D eigenvalue weighted by atomic mass is 35.5. The number of carbonyl (C=O) groups excluding carboxylic acids is 1. The Morgan fingerprint density at radius 2 is 1.89 bits per heavy atom. The number of likely N-dealkylation sites (tertiary alicyclic amines) is 1. The maximum absolute atomic E-state index is 11.8. The van der Waals surface area contributed by atoms with Crippen LogP contribution in [0.4, 0.5) is 0 Å². The average molecular weight is 288 g/mol. The molecule has 2 atom stereocenters. The summed E-state index contributed by atoms with van der Waals surface area (Å²) in [4.78, 5) is 13.9. The Kier molecular flexibility index (Phi) is 4.15. The van der Waals surface area contributed by atoms with E-state index in [0.29, 0.717) is 16.6 Å². The Balaban J connectivity index is 2.32. The predicted octanol–water partition coefficient (Wildman–Crippen LogP) is 2.81. The first-order valence-corrected chi connectivity index (χ1v) is 6.49. The van der Waals surface area contributed by atoms with E-state index in [1.54, 1.807) is 6.07 Å². The van der Waals surface area contributed by atoms with E-state index in [-0.39, 0.29) is 17.8 Å². The minimum Gasteiger partial charge on any atom is -0.469 e. The van der Waals surface area contributed by atoms with Crippen LogP contribution in [0.3, 0.4) is 0 Å². The van der Waals surface area contributed by atoms with Gasteiger partial charge in [0.15, 0.2) is 0 Å². The summed E-state index contributed by atoms with van der Waals surface area (Å²) in [6.07, 6.45) is 0. The van der Waals surface area contributed by atoms with Crippen molar-refractivity contribution in [3.05, 3.63) is 33.8 Å². The zero-order valence-corrected chi connectivity index (χ0v) is 11.8. The Labute approximate surface area is 117 Å². The maximum Gasteiger partial charge on any atom is 0.310 e. The van der Waals surface area contributed by atoms with Crippen LogP contribution in [0, 0.1) is 5.92 Å². The average Bonchev–Trinajstić information content (AvgIpc) is 2.69. The normalized spacial score (nSPS) is 24.2. The lowest BCUT2D eigenvalue weighted by Crippen LogP contribution is -2.23. The van der Waals surface area contributed by atoms with Crippen molar-refractivity contribution in [2.75, 3.05) is 27.2 Å². The van der Waals surface area contributed by atoms with Crippen molar-refractivity contribution < 1.29 is 9.53 Å². The van der Waals surface area contributed by atoms with E-state index in [1.165, 1.54) is 7.11 Å². The van der Waals surface area contributed by atoms with Crippen LogP contribution in [0.1, 0.15) is 11.5 Å². The van der Waals surface area contributed by atoms with Gasteiger partial charge in [0.05, 0.1) is 13.0 Å². The molecule has 0 aliphatic carbocycles. The second-order valence-electron chi connectivity index (χ2n) is 4.66. The van der Waals surface area contributed by atoms with Gasteiger partial charge in [-0.15, -0.1) is 0 Å². The summed E-state index contributed by atoms with van der Waals surface area (Å²) in [5.74, 6) is -0.256. The van der Waals surface area contributed by atoms with E-state index in [4.69, 9.17) is 27.9 Å². The lowest BCUT2D eigenvalue weighted by Gasteiger charge is -2.17. The molecule has 1 saturated heterocycles. The van der Waals surface area contributed by atoms with E-state index < -0.39 is 0 Å². The van der Waals surface area contributed by atoms with Crippen molar-refractivity contribution >= 4 is 29.2 Å². The second kappa shape index (κ2) is 5.47. The van der Waals surface area contributed by atoms with Crippen LogP contribution in [-0.2, 0) is 9.53 Å². The molecule has 0 aromatic heterocycles. The van der Waals surface area contributed by atoms with Gasteiger partial charge in [-0.05, 0) is 30.8 Å². The molecule has 2 unspecified atom stereocenters. The molecule has 0 N–H and O–H groups in total. The highest BCUT2D eigenvalue weighted by molar-refractivity contribution is 6.34. The third-order valence-corrected chi connectivity index (χ3v) is 3.76. The van der Waals surface area contributed by atoms with Gasteiger partial charge in [-0.2, -0.15) is 0 Å². The minimum atomic E-state index is -0.180. The zero-order valence-electron chi connectivity index (χ0n) is 10.3. The molecule has 1 heterocycles. The van der Waals surface area contributed by atoms with E-state index in [1.807, 2.05) is 19.2 Å². The molecule has 5 heteroatoms. The lowest BCUT2D eigenvalue weighted by atomic mass is 9.89. The number of methoxy groups -OCH3 is 1. The van der Waals surface area contributed by atoms with Crippen molar-refractivity contribution in [1.29, 1.82) is 0 Å². The van der Waals surface area contributed by atoms with Crippen molar-refractivity contribution in [2.45, 2.75) is 5.92 Å². The van der Waals surface area contributed by atoms with Crippen molar-refractivity contribution in [1.82, 2.24) is 4.90 Å². The molecule has 0 saturated carbocycles. The fourth-order valence-corrected chi connectivity index (χ4v) is 3.06. The number of carbonyl (C=O) groups is 1. The fraction of sp³-hybridized carbons (Fsp3) is 0.462.